The molecule has 2 aromatic rings. The molecular weight excluding hydrogens is 510 g/mol. The summed E-state index contributed by atoms with van der Waals surface area (Å²) >= 11 is 0. The Kier molecular flexibility index (Phi) is 6.02. The summed E-state index contributed by atoms with van der Waals surface area (Å²) in [4.78, 5) is 27.0. The number of hydrazone groups is 1. The fraction of sp³-hybridized carbons (Fsp3) is 0.455. The molecule has 3 aliphatic heterocycles. The molecule has 1 saturated heterocycles. The second kappa shape index (κ2) is 8.95. The molecule has 15 heteroatoms. The molecule has 1 aromatic carbocycles. The Morgan fingerprint density at radius 3 is 2.62 bits per heavy atom. The van der Waals surface area contributed by atoms with Crippen molar-refractivity contribution in [3.8, 4) is 5.75 Å². The number of hydrogen-bond acceptors (Lipinski definition) is 6. The summed E-state index contributed by atoms with van der Waals surface area (Å²) in [6, 6.07) is 2.70. The molecule has 4 heterocycles. The standard InChI is InChI=1S/C22H20F6N6O3/c23-21(24,25)10-33-5-6-34-18(20(33)36)16(14-3-4-29-31-14)17(32-34)19(35)30-13-8-11-7-12(22(26,27)28)1-2-15(11)37-9-13/h1-4,7,13,16,18H,5-6,8-10H2,(H,29,31)(H,30,35)/t13-,16?,18?/m1/s1. The van der Waals surface area contributed by atoms with Gasteiger partial charge in [0.15, 0.2) is 0 Å². The first-order valence-corrected chi connectivity index (χ1v) is 11.2. The van der Waals surface area contributed by atoms with Gasteiger partial charge in [-0.25, -0.2) is 0 Å². The molecule has 2 N–H and O–H groups in total. The topological polar surface area (TPSA) is 103 Å². The van der Waals surface area contributed by atoms with Gasteiger partial charge < -0.3 is 15.0 Å². The molecule has 3 aliphatic rings. The van der Waals surface area contributed by atoms with E-state index in [0.29, 0.717) is 10.6 Å². The number of alkyl halides is 6. The van der Waals surface area contributed by atoms with E-state index >= 15 is 0 Å². The Morgan fingerprint density at radius 2 is 1.95 bits per heavy atom. The van der Waals surface area contributed by atoms with E-state index in [-0.39, 0.29) is 43.1 Å². The SMILES string of the molecule is O=C(N[C@H]1COc2ccc(C(F)(F)F)cc2C1)C1=NN2CCN(CC(F)(F)F)C(=O)C2C1c1ccn[nH]1. The molecule has 0 spiro atoms. The molecule has 0 bridgehead atoms. The summed E-state index contributed by atoms with van der Waals surface area (Å²) < 4.78 is 83.8. The summed E-state index contributed by atoms with van der Waals surface area (Å²) in [6.07, 6.45) is -7.71. The smallest absolute Gasteiger partial charge is 0.416 e. The monoisotopic (exact) mass is 530 g/mol. The van der Waals surface area contributed by atoms with Crippen LogP contribution in [0.1, 0.15) is 22.7 Å². The van der Waals surface area contributed by atoms with Crippen LogP contribution in [0.3, 0.4) is 0 Å². The van der Waals surface area contributed by atoms with E-state index in [1.54, 1.807) is 0 Å². The van der Waals surface area contributed by atoms with E-state index in [2.05, 4.69) is 20.6 Å². The van der Waals surface area contributed by atoms with Crippen molar-refractivity contribution in [3.63, 3.8) is 0 Å². The fourth-order valence-electron chi connectivity index (χ4n) is 4.80. The van der Waals surface area contributed by atoms with Crippen molar-refractivity contribution < 1.29 is 40.7 Å². The van der Waals surface area contributed by atoms with Crippen LogP contribution in [0.25, 0.3) is 0 Å². The van der Waals surface area contributed by atoms with Gasteiger partial charge in [0.05, 0.1) is 24.1 Å². The van der Waals surface area contributed by atoms with Crippen molar-refractivity contribution in [2.24, 2.45) is 5.10 Å². The molecule has 1 aromatic heterocycles. The van der Waals surface area contributed by atoms with Crippen LogP contribution in [-0.2, 0) is 22.2 Å². The number of benzene rings is 1. The number of amides is 2. The number of rotatable bonds is 4. The van der Waals surface area contributed by atoms with Crippen LogP contribution in [0.2, 0.25) is 0 Å². The van der Waals surface area contributed by atoms with Gasteiger partial charge in [-0.3, -0.25) is 19.7 Å². The third kappa shape index (κ3) is 4.93. The second-order valence-electron chi connectivity index (χ2n) is 8.96. The Hall–Kier alpha value is -3.78. The van der Waals surface area contributed by atoms with Crippen LogP contribution in [0.5, 0.6) is 5.75 Å². The van der Waals surface area contributed by atoms with Crippen LogP contribution in [0.4, 0.5) is 26.3 Å². The Bertz CT molecular complexity index is 1230. The van der Waals surface area contributed by atoms with Crippen molar-refractivity contribution in [2.45, 2.75) is 36.8 Å². The number of H-pyrrole nitrogens is 1. The molecule has 2 unspecified atom stereocenters. The van der Waals surface area contributed by atoms with E-state index < -0.39 is 54.3 Å². The number of hydrogen-bond donors (Lipinski definition) is 2. The van der Waals surface area contributed by atoms with Crippen molar-refractivity contribution in [3.05, 3.63) is 47.3 Å². The summed E-state index contributed by atoms with van der Waals surface area (Å²) in [5, 5.41) is 14.7. The highest BCUT2D eigenvalue weighted by Gasteiger charge is 2.51. The van der Waals surface area contributed by atoms with E-state index in [1.807, 2.05) is 0 Å². The van der Waals surface area contributed by atoms with Gasteiger partial charge in [-0.2, -0.15) is 36.5 Å². The van der Waals surface area contributed by atoms with E-state index in [9.17, 15) is 35.9 Å². The van der Waals surface area contributed by atoms with Gasteiger partial charge in [0.1, 0.15) is 30.7 Å². The van der Waals surface area contributed by atoms with Gasteiger partial charge in [-0.1, -0.05) is 0 Å². The molecule has 0 radical (unpaired) electrons. The highest BCUT2D eigenvalue weighted by atomic mass is 19.4. The van der Waals surface area contributed by atoms with Crippen LogP contribution >= 0.6 is 0 Å². The average molecular weight is 530 g/mol. The maximum Gasteiger partial charge on any atom is 0.416 e. The molecule has 3 atom stereocenters. The number of halogens is 6. The maximum absolute atomic E-state index is 13.3. The number of nitrogens with zero attached hydrogens (tertiary/aromatic N) is 4. The van der Waals surface area contributed by atoms with Crippen LogP contribution in [-0.4, -0.2) is 82.1 Å². The number of carbonyl (C=O) groups excluding carboxylic acids is 2. The number of piperazine rings is 1. The molecule has 198 valence electrons. The van der Waals surface area contributed by atoms with Crippen LogP contribution < -0.4 is 10.1 Å². The number of fused-ring (bicyclic) bond motifs is 2. The quantitative estimate of drug-likeness (QED) is 0.590. The molecule has 0 aliphatic carbocycles. The van der Waals surface area contributed by atoms with Gasteiger partial charge in [0.2, 0.25) is 5.91 Å². The number of aromatic amines is 1. The Labute approximate surface area is 205 Å². The predicted octanol–water partition coefficient (Wildman–Crippen LogP) is 2.08. The molecule has 37 heavy (non-hydrogen) atoms. The van der Waals surface area contributed by atoms with Crippen LogP contribution in [0.15, 0.2) is 35.6 Å². The third-order valence-electron chi connectivity index (χ3n) is 6.42. The largest absolute Gasteiger partial charge is 0.491 e. The van der Waals surface area contributed by atoms with Gasteiger partial charge >= 0.3 is 12.4 Å². The second-order valence-corrected chi connectivity index (χ2v) is 8.96. The van der Waals surface area contributed by atoms with Crippen molar-refractivity contribution in [1.29, 1.82) is 0 Å². The lowest BCUT2D eigenvalue weighted by molar-refractivity contribution is -0.169. The number of nitrogens with one attached hydrogen (secondary N) is 2. The van der Waals surface area contributed by atoms with Gasteiger partial charge in [-0.15, -0.1) is 0 Å². The lowest BCUT2D eigenvalue weighted by Crippen LogP contribution is -2.57. The highest BCUT2D eigenvalue weighted by molar-refractivity contribution is 6.42. The van der Waals surface area contributed by atoms with E-state index in [4.69, 9.17) is 4.74 Å². The predicted molar refractivity (Wildman–Crippen MR) is 114 cm³/mol. The molecule has 0 saturated carbocycles. The first-order chi connectivity index (χ1) is 17.4. The van der Waals surface area contributed by atoms with Gasteiger partial charge in [0.25, 0.3) is 5.91 Å². The third-order valence-corrected chi connectivity index (χ3v) is 6.42. The van der Waals surface area contributed by atoms with Crippen molar-refractivity contribution in [2.75, 3.05) is 26.2 Å². The maximum atomic E-state index is 13.3. The molecular formula is C22H20F6N6O3. The minimum atomic E-state index is -4.59. The van der Waals surface area contributed by atoms with Crippen molar-refractivity contribution in [1.82, 2.24) is 25.4 Å². The van der Waals surface area contributed by atoms with Crippen molar-refractivity contribution >= 4 is 17.5 Å². The zero-order valence-corrected chi connectivity index (χ0v) is 18.9. The Balaban J connectivity index is 1.36. The number of aromatic nitrogens is 2. The van der Waals surface area contributed by atoms with E-state index in [1.165, 1.54) is 23.3 Å². The fourth-order valence-corrected chi connectivity index (χ4v) is 4.80. The van der Waals surface area contributed by atoms with Crippen LogP contribution in [0, 0.1) is 0 Å². The number of ether oxygens (including phenoxy) is 1. The molecule has 9 nitrogen and oxygen atoms in total. The first-order valence-electron chi connectivity index (χ1n) is 11.2. The summed E-state index contributed by atoms with van der Waals surface area (Å²) in [7, 11) is 0. The first kappa shape index (κ1) is 24.9. The average Bonchev–Trinajstić information content (AvgIpc) is 3.47. The normalized spacial score (nSPS) is 23.8. The zero-order valence-electron chi connectivity index (χ0n) is 18.9. The molecule has 2 amide bonds. The minimum Gasteiger partial charge on any atom is -0.491 e. The minimum absolute atomic E-state index is 0.0163. The summed E-state index contributed by atoms with van der Waals surface area (Å²) in [5.74, 6) is -2.29. The van der Waals surface area contributed by atoms with Gasteiger partial charge in [0, 0.05) is 18.4 Å². The summed E-state index contributed by atoms with van der Waals surface area (Å²) in [5.41, 5.74) is -0.393. The lowest BCUT2D eigenvalue weighted by atomic mass is 9.89. The lowest BCUT2D eigenvalue weighted by Gasteiger charge is -2.38. The van der Waals surface area contributed by atoms with Gasteiger partial charge in [-0.05, 0) is 36.2 Å². The highest BCUT2D eigenvalue weighted by Crippen LogP contribution is 2.36. The number of carbonyl (C=O) groups is 2. The molecule has 1 fully saturated rings. The summed E-state index contributed by atoms with van der Waals surface area (Å²) in [6.45, 7) is -1.69. The molecule has 5 rings (SSSR count). The zero-order chi connectivity index (χ0) is 26.5. The Morgan fingerprint density at radius 1 is 1.16 bits per heavy atom. The van der Waals surface area contributed by atoms with E-state index in [0.717, 1.165) is 12.1 Å².